The Morgan fingerprint density at radius 2 is 1.58 bits per heavy atom. The molecule has 0 amide bonds. The van der Waals surface area contributed by atoms with Gasteiger partial charge in [-0.15, -0.1) is 0 Å². The van der Waals surface area contributed by atoms with Gasteiger partial charge in [-0.1, -0.05) is 18.2 Å². The number of hydrogen-bond donors (Lipinski definition) is 0. The standard InChI is InChI=1S/C33H37GeNO/c1-20(2)26-17-28-25-11-9-10-12-30(25)36-33(28)31(21(3)4)32(26)27-18-29(35-19-22(27)5)23-13-15-24(16-14-23)34(6,7)8/h9-21H,1-8H3/i5D3. The van der Waals surface area contributed by atoms with Gasteiger partial charge < -0.3 is 0 Å². The van der Waals surface area contributed by atoms with Gasteiger partial charge in [0.1, 0.15) is 0 Å². The summed E-state index contributed by atoms with van der Waals surface area (Å²) in [6.45, 7) is 6.34. The Labute approximate surface area is 222 Å². The first-order valence-electron chi connectivity index (χ1n) is 14.4. The van der Waals surface area contributed by atoms with Crippen molar-refractivity contribution < 1.29 is 8.53 Å². The quantitative estimate of drug-likeness (QED) is 0.208. The minimum atomic E-state index is -2.31. The van der Waals surface area contributed by atoms with E-state index < -0.39 is 20.1 Å². The van der Waals surface area contributed by atoms with Gasteiger partial charge >= 0.3 is 198 Å². The molecule has 0 saturated carbocycles. The van der Waals surface area contributed by atoms with Crippen molar-refractivity contribution in [1.29, 1.82) is 0 Å². The molecule has 0 aliphatic heterocycles. The number of hydrogen-bond acceptors (Lipinski definition) is 2. The normalized spacial score (nSPS) is 14.0. The van der Waals surface area contributed by atoms with Crippen LogP contribution >= 0.6 is 0 Å². The van der Waals surface area contributed by atoms with Crippen LogP contribution in [0.5, 0.6) is 0 Å². The summed E-state index contributed by atoms with van der Waals surface area (Å²) >= 11 is -1.96. The predicted octanol–water partition coefficient (Wildman–Crippen LogP) is 9.42. The van der Waals surface area contributed by atoms with Crippen LogP contribution in [0, 0.1) is 6.85 Å². The molecule has 36 heavy (non-hydrogen) atoms. The summed E-state index contributed by atoms with van der Waals surface area (Å²) in [5, 5.41) is 2.16. The van der Waals surface area contributed by atoms with Gasteiger partial charge in [-0.25, -0.2) is 0 Å². The van der Waals surface area contributed by atoms with Gasteiger partial charge in [0.2, 0.25) is 0 Å². The Morgan fingerprint density at radius 1 is 0.861 bits per heavy atom. The molecule has 0 aliphatic rings. The summed E-state index contributed by atoms with van der Waals surface area (Å²) in [6.07, 6.45) is 1.56. The maximum atomic E-state index is 8.42. The average molecular weight is 539 g/mol. The molecule has 3 heteroatoms. The molecule has 0 fully saturated rings. The number of furan rings is 1. The van der Waals surface area contributed by atoms with E-state index in [1.54, 1.807) is 6.20 Å². The van der Waals surface area contributed by atoms with Crippen LogP contribution in [-0.4, -0.2) is 18.3 Å². The molecule has 3 aromatic carbocycles. The van der Waals surface area contributed by atoms with Gasteiger partial charge in [0.15, 0.2) is 0 Å². The topological polar surface area (TPSA) is 26.0 Å². The first kappa shape index (κ1) is 21.3. The van der Waals surface area contributed by atoms with Gasteiger partial charge in [-0.3, -0.25) is 0 Å². The fraction of sp³-hybridized carbons (Fsp3) is 0.303. The first-order chi connectivity index (χ1) is 18.3. The van der Waals surface area contributed by atoms with Crippen LogP contribution in [0.4, 0.5) is 0 Å². The number of para-hydroxylation sites is 1. The summed E-state index contributed by atoms with van der Waals surface area (Å²) in [4.78, 5) is 4.67. The third-order valence-corrected chi connectivity index (χ3v) is 11.5. The molecule has 0 spiro atoms. The monoisotopic (exact) mass is 540 g/mol. The zero-order valence-corrected chi connectivity index (χ0v) is 24.5. The molecule has 5 rings (SSSR count). The van der Waals surface area contributed by atoms with Gasteiger partial charge in [0, 0.05) is 0 Å². The van der Waals surface area contributed by atoms with Crippen molar-refractivity contribution in [3.63, 3.8) is 0 Å². The van der Waals surface area contributed by atoms with Crippen LogP contribution in [0.3, 0.4) is 0 Å². The Hall–Kier alpha value is -2.85. The summed E-state index contributed by atoms with van der Waals surface area (Å²) in [7, 11) is 0. The van der Waals surface area contributed by atoms with E-state index in [-0.39, 0.29) is 17.4 Å². The van der Waals surface area contributed by atoms with Crippen LogP contribution in [0.1, 0.15) is 60.3 Å². The van der Waals surface area contributed by atoms with Crippen molar-refractivity contribution in [2.24, 2.45) is 0 Å². The molecule has 0 aliphatic carbocycles. The molecule has 2 aromatic heterocycles. The Kier molecular flexibility index (Phi) is 5.45. The molecule has 5 aromatic rings. The molecule has 0 unspecified atom stereocenters. The number of pyridine rings is 1. The predicted molar refractivity (Wildman–Crippen MR) is 158 cm³/mol. The Balaban J connectivity index is 1.86. The van der Waals surface area contributed by atoms with E-state index in [9.17, 15) is 0 Å². The number of fused-ring (bicyclic) bond motifs is 3. The summed E-state index contributed by atoms with van der Waals surface area (Å²) in [5.41, 5.74) is 7.56. The molecular formula is C33H37GeNO. The van der Waals surface area contributed by atoms with Crippen molar-refractivity contribution >= 4 is 39.6 Å². The fourth-order valence-corrected chi connectivity index (χ4v) is 7.62. The van der Waals surface area contributed by atoms with E-state index in [0.29, 0.717) is 5.56 Å². The zero-order chi connectivity index (χ0) is 28.3. The van der Waals surface area contributed by atoms with Gasteiger partial charge in [0.25, 0.3) is 0 Å². The van der Waals surface area contributed by atoms with Gasteiger partial charge in [-0.2, -0.15) is 0 Å². The van der Waals surface area contributed by atoms with E-state index >= 15 is 0 Å². The Morgan fingerprint density at radius 3 is 2.22 bits per heavy atom. The third kappa shape index (κ3) is 4.30. The molecule has 2 heterocycles. The average Bonchev–Trinajstić information content (AvgIpc) is 3.24. The van der Waals surface area contributed by atoms with E-state index in [4.69, 9.17) is 8.53 Å². The van der Waals surface area contributed by atoms with E-state index in [1.165, 1.54) is 4.40 Å². The second kappa shape index (κ2) is 9.23. The zero-order valence-electron chi connectivity index (χ0n) is 25.4. The molecule has 184 valence electrons. The van der Waals surface area contributed by atoms with E-state index in [2.05, 4.69) is 86.3 Å². The number of nitrogens with zero attached hydrogens (tertiary/aromatic N) is 1. The molecule has 0 N–H and O–H groups in total. The number of aryl methyl sites for hydroxylation is 1. The molecule has 0 bridgehead atoms. The van der Waals surface area contributed by atoms with Crippen molar-refractivity contribution in [2.45, 2.75) is 63.7 Å². The van der Waals surface area contributed by atoms with Crippen LogP contribution < -0.4 is 4.40 Å². The van der Waals surface area contributed by atoms with E-state index in [0.717, 1.165) is 49.9 Å². The third-order valence-electron chi connectivity index (χ3n) is 7.16. The fourth-order valence-electron chi connectivity index (χ4n) is 5.17. The van der Waals surface area contributed by atoms with Crippen molar-refractivity contribution in [1.82, 2.24) is 4.98 Å². The van der Waals surface area contributed by atoms with Crippen molar-refractivity contribution in [3.8, 4) is 22.4 Å². The molecule has 0 atom stereocenters. The molecular weight excluding hydrogens is 499 g/mol. The van der Waals surface area contributed by atoms with Crippen LogP contribution in [0.25, 0.3) is 44.3 Å². The first-order valence-corrected chi connectivity index (χ1v) is 20.2. The Bertz CT molecular complexity index is 1670. The number of aromatic nitrogens is 1. The van der Waals surface area contributed by atoms with Crippen molar-refractivity contribution in [3.05, 3.63) is 83.6 Å². The SMILES string of the molecule is [2H]C([2H])([2H])c1cnc(-c2cc[c]([Ge]([CH3])([CH3])[CH3])cc2)cc1-c1c(C(C)C)cc2c(oc3ccccc32)c1C(C)C. The summed E-state index contributed by atoms with van der Waals surface area (Å²) < 4.78 is 33.2. The van der Waals surface area contributed by atoms with Crippen molar-refractivity contribution in [2.75, 3.05) is 0 Å². The maximum absolute atomic E-state index is 8.42. The van der Waals surface area contributed by atoms with Gasteiger partial charge in [-0.05, 0) is 6.07 Å². The minimum absolute atomic E-state index is 0.112. The molecule has 0 radical (unpaired) electrons. The van der Waals surface area contributed by atoms with Gasteiger partial charge in [0.05, 0.1) is 0 Å². The van der Waals surface area contributed by atoms with Crippen LogP contribution in [0.15, 0.2) is 71.3 Å². The van der Waals surface area contributed by atoms with Crippen LogP contribution in [0.2, 0.25) is 17.3 Å². The second-order valence-electron chi connectivity index (χ2n) is 11.5. The number of benzene rings is 3. The van der Waals surface area contributed by atoms with Crippen LogP contribution in [-0.2, 0) is 0 Å². The summed E-state index contributed by atoms with van der Waals surface area (Å²) in [5.74, 6) is 7.43. The van der Waals surface area contributed by atoms with E-state index in [1.807, 2.05) is 24.3 Å². The molecule has 2 nitrogen and oxygen atoms in total. The second-order valence-corrected chi connectivity index (χ2v) is 22.1. The summed E-state index contributed by atoms with van der Waals surface area (Å²) in [6, 6.07) is 21.0. The molecule has 0 saturated heterocycles. The number of rotatable bonds is 5.